The van der Waals surface area contributed by atoms with E-state index in [0.29, 0.717) is 44.2 Å². The van der Waals surface area contributed by atoms with E-state index in [1.54, 1.807) is 0 Å². The number of Topliss-reactive ketones (excluding diaryl/α,β-unsaturated/α-hetero) is 1. The number of anilines is 1. The van der Waals surface area contributed by atoms with Crippen LogP contribution in [-0.2, 0) is 14.8 Å². The number of nitrogens with two attached hydrogens (primary N) is 1. The number of pyridine rings is 1. The number of hydrogen-bond donors (Lipinski definition) is 5. The molecule has 1 aromatic rings. The van der Waals surface area contributed by atoms with Gasteiger partial charge in [0.05, 0.1) is 23.7 Å². The highest BCUT2D eigenvalue weighted by Crippen LogP contribution is 2.61. The summed E-state index contributed by atoms with van der Waals surface area (Å²) in [6.07, 6.45) is 4.98. The molecule has 5 fully saturated rings. The minimum atomic E-state index is -4.36. The average molecular weight is 527 g/mol. The molecule has 4 aliphatic carbocycles. The van der Waals surface area contributed by atoms with Gasteiger partial charge in [-0.25, -0.2) is 23.3 Å². The van der Waals surface area contributed by atoms with E-state index in [4.69, 9.17) is 10.4 Å². The molecular formula is C24H30N8O4S. The van der Waals surface area contributed by atoms with Crippen molar-refractivity contribution in [2.75, 3.05) is 18.4 Å². The van der Waals surface area contributed by atoms with Crippen LogP contribution in [0.5, 0.6) is 0 Å². The number of aromatic nitrogens is 1. The number of nitriles is 2. The quantitative estimate of drug-likeness (QED) is 0.331. The molecule has 2 heterocycles. The third kappa shape index (κ3) is 4.26. The van der Waals surface area contributed by atoms with Gasteiger partial charge in [-0.3, -0.25) is 10.1 Å². The monoisotopic (exact) mass is 526 g/mol. The fourth-order valence-electron chi connectivity index (χ4n) is 7.49. The van der Waals surface area contributed by atoms with E-state index in [2.05, 4.69) is 32.3 Å². The first kappa shape index (κ1) is 25.5. The van der Waals surface area contributed by atoms with Crippen molar-refractivity contribution >= 4 is 27.7 Å². The summed E-state index contributed by atoms with van der Waals surface area (Å²) in [7, 11) is -4.36. The first-order valence-corrected chi connectivity index (χ1v) is 14.0. The molecule has 5 atom stereocenters. The van der Waals surface area contributed by atoms with Gasteiger partial charge in [0, 0.05) is 18.0 Å². The number of carbonyl (C=O) groups is 2. The lowest BCUT2D eigenvalue weighted by molar-refractivity contribution is -0.124. The fourth-order valence-corrected chi connectivity index (χ4v) is 9.16. The number of amides is 2. The number of hydrogen-bond acceptors (Lipinski definition) is 9. The van der Waals surface area contributed by atoms with E-state index < -0.39 is 44.3 Å². The van der Waals surface area contributed by atoms with Crippen LogP contribution in [-0.4, -0.2) is 54.8 Å². The Labute approximate surface area is 215 Å². The number of sulfonamides is 1. The molecule has 6 rings (SSSR count). The zero-order valence-electron chi connectivity index (χ0n) is 20.2. The summed E-state index contributed by atoms with van der Waals surface area (Å²) >= 11 is 0. The lowest BCUT2D eigenvalue weighted by Crippen LogP contribution is -2.83. The Bertz CT molecular complexity index is 1270. The van der Waals surface area contributed by atoms with Gasteiger partial charge >= 0.3 is 6.03 Å². The van der Waals surface area contributed by atoms with Crippen molar-refractivity contribution in [3.05, 3.63) is 23.9 Å². The van der Waals surface area contributed by atoms with E-state index >= 15 is 0 Å². The standard InChI is InChI=1S/C24H30N8O4S/c25-10-14-1-2-21(29-12-14)31-22(34)32-24(37(27,35)36)17-6-15-5-16(7-17)9-23(24,8-15)30-13-20(33)18-3-4-28-19(18)11-26/h1-2,12,15-19,28,30H,3-9,13H2,(H2,27,35,36)(H2,29,31,32,34)/t15?,16?,17?,18?,19?,23?,24-/m0/s1. The second kappa shape index (κ2) is 9.33. The molecule has 4 unspecified atom stereocenters. The van der Waals surface area contributed by atoms with Gasteiger partial charge in [-0.1, -0.05) is 0 Å². The van der Waals surface area contributed by atoms with Gasteiger partial charge in [-0.2, -0.15) is 10.5 Å². The van der Waals surface area contributed by atoms with Gasteiger partial charge in [0.25, 0.3) is 0 Å². The number of urea groups is 1. The normalized spacial score (nSPS) is 35.9. The molecule has 6 N–H and O–H groups in total. The van der Waals surface area contributed by atoms with Crippen LogP contribution in [0.15, 0.2) is 18.3 Å². The van der Waals surface area contributed by atoms with Crippen molar-refractivity contribution in [2.24, 2.45) is 28.8 Å². The van der Waals surface area contributed by atoms with Crippen LogP contribution >= 0.6 is 0 Å². The van der Waals surface area contributed by atoms with Crippen LogP contribution in [0.4, 0.5) is 10.6 Å². The third-order valence-electron chi connectivity index (χ3n) is 8.72. The van der Waals surface area contributed by atoms with Crippen molar-refractivity contribution in [2.45, 2.75) is 55.0 Å². The maximum Gasteiger partial charge on any atom is 0.321 e. The molecule has 0 aromatic carbocycles. The van der Waals surface area contributed by atoms with Gasteiger partial charge in [-0.15, -0.1) is 0 Å². The smallest absolute Gasteiger partial charge is 0.316 e. The summed E-state index contributed by atoms with van der Waals surface area (Å²) in [6.45, 7) is 0.451. The molecule has 1 aromatic heterocycles. The summed E-state index contributed by atoms with van der Waals surface area (Å²) in [5, 5.41) is 35.9. The first-order valence-electron chi connectivity index (χ1n) is 12.5. The number of nitrogens with one attached hydrogen (secondary N) is 4. The summed E-state index contributed by atoms with van der Waals surface area (Å²) in [4.78, 5) is 28.5. The number of carbonyl (C=O) groups excluding carboxylic acids is 2. The fraction of sp³-hybridized carbons (Fsp3) is 0.625. The van der Waals surface area contributed by atoms with Crippen LogP contribution < -0.4 is 26.4 Å². The summed E-state index contributed by atoms with van der Waals surface area (Å²) < 4.78 is 26.8. The van der Waals surface area contributed by atoms with Gasteiger partial charge in [0.1, 0.15) is 17.9 Å². The molecule has 37 heavy (non-hydrogen) atoms. The first-order chi connectivity index (χ1) is 17.6. The molecule has 2 amide bonds. The van der Waals surface area contributed by atoms with Gasteiger partial charge in [0.15, 0.2) is 10.7 Å². The minimum Gasteiger partial charge on any atom is -0.316 e. The highest BCUT2D eigenvalue weighted by Gasteiger charge is 2.71. The van der Waals surface area contributed by atoms with Gasteiger partial charge in [-0.05, 0) is 69.0 Å². The van der Waals surface area contributed by atoms with Crippen LogP contribution in [0.1, 0.15) is 44.1 Å². The number of nitrogens with zero attached hydrogens (tertiary/aromatic N) is 3. The van der Waals surface area contributed by atoms with E-state index in [-0.39, 0.29) is 30.0 Å². The molecule has 196 valence electrons. The van der Waals surface area contributed by atoms with Crippen molar-refractivity contribution in [3.8, 4) is 12.1 Å². The summed E-state index contributed by atoms with van der Waals surface area (Å²) in [6, 6.07) is 5.65. The Kier molecular flexibility index (Phi) is 6.44. The summed E-state index contributed by atoms with van der Waals surface area (Å²) in [5.74, 6) is -0.384. The predicted molar refractivity (Wildman–Crippen MR) is 132 cm³/mol. The maximum atomic E-state index is 13.4. The number of ketones is 1. The van der Waals surface area contributed by atoms with Crippen molar-refractivity contribution < 1.29 is 18.0 Å². The molecule has 4 saturated carbocycles. The Morgan fingerprint density at radius 3 is 2.51 bits per heavy atom. The van der Waals surface area contributed by atoms with Gasteiger partial charge in [0.2, 0.25) is 10.0 Å². The second-order valence-electron chi connectivity index (χ2n) is 10.8. The number of rotatable bonds is 7. The third-order valence-corrected chi connectivity index (χ3v) is 10.4. The van der Waals surface area contributed by atoms with Crippen LogP contribution in [0, 0.1) is 46.3 Å². The molecule has 13 heteroatoms. The zero-order valence-corrected chi connectivity index (χ0v) is 21.1. The Morgan fingerprint density at radius 1 is 1.19 bits per heavy atom. The SMILES string of the molecule is N#Cc1ccc(NC(=O)N[C@]2(S(N)(=O)=O)C3CC4CC(C3)CC2(NCC(=O)C2CCNC2C#N)C4)nc1. The summed E-state index contributed by atoms with van der Waals surface area (Å²) in [5.41, 5.74) is -0.814. The van der Waals surface area contributed by atoms with Crippen LogP contribution in [0.25, 0.3) is 0 Å². The second-order valence-corrected chi connectivity index (χ2v) is 12.5. The molecule has 5 aliphatic rings. The highest BCUT2D eigenvalue weighted by atomic mass is 32.2. The molecular weight excluding hydrogens is 496 g/mol. The van der Waals surface area contributed by atoms with E-state index in [1.165, 1.54) is 18.3 Å². The van der Waals surface area contributed by atoms with Crippen LogP contribution in [0.2, 0.25) is 0 Å². The highest BCUT2D eigenvalue weighted by molar-refractivity contribution is 7.90. The maximum absolute atomic E-state index is 13.4. The average Bonchev–Trinajstić information content (AvgIpc) is 3.33. The molecule has 1 aliphatic heterocycles. The van der Waals surface area contributed by atoms with E-state index in [1.807, 2.05) is 6.07 Å². The minimum absolute atomic E-state index is 0.117. The molecule has 0 spiro atoms. The van der Waals surface area contributed by atoms with Crippen molar-refractivity contribution in [3.63, 3.8) is 0 Å². The van der Waals surface area contributed by atoms with Crippen LogP contribution in [0.3, 0.4) is 0 Å². The zero-order chi connectivity index (χ0) is 26.4. The van der Waals surface area contributed by atoms with Crippen molar-refractivity contribution in [1.29, 1.82) is 10.5 Å². The topological polar surface area (TPSA) is 203 Å². The Balaban J connectivity index is 1.44. The largest absolute Gasteiger partial charge is 0.321 e. The Hall–Kier alpha value is -3.10. The molecule has 4 bridgehead atoms. The predicted octanol–water partition coefficient (Wildman–Crippen LogP) is 0.299. The molecule has 0 radical (unpaired) electrons. The Morgan fingerprint density at radius 2 is 1.92 bits per heavy atom. The van der Waals surface area contributed by atoms with E-state index in [0.717, 1.165) is 6.42 Å². The number of primary sulfonamides is 1. The van der Waals surface area contributed by atoms with Gasteiger partial charge < -0.3 is 16.0 Å². The molecule has 1 saturated heterocycles. The molecule has 12 nitrogen and oxygen atoms in total. The lowest BCUT2D eigenvalue weighted by atomic mass is 9.50. The van der Waals surface area contributed by atoms with Crippen molar-refractivity contribution in [1.82, 2.24) is 20.9 Å². The lowest BCUT2D eigenvalue weighted by Gasteiger charge is -2.66. The van der Waals surface area contributed by atoms with E-state index in [9.17, 15) is 23.3 Å².